The monoisotopic (exact) mass is 389 g/mol. The van der Waals surface area contributed by atoms with Crippen molar-refractivity contribution in [2.24, 2.45) is 0 Å². The first-order chi connectivity index (χ1) is 14.0. The van der Waals surface area contributed by atoms with Gasteiger partial charge in [0, 0.05) is 48.1 Å². The smallest absolute Gasteiger partial charge is 0.0992 e. The van der Waals surface area contributed by atoms with Crippen LogP contribution in [0, 0.1) is 27.7 Å². The van der Waals surface area contributed by atoms with Gasteiger partial charge in [-0.2, -0.15) is 0 Å². The summed E-state index contributed by atoms with van der Waals surface area (Å²) in [6.07, 6.45) is 4.11. The number of anilines is 1. The third-order valence-corrected chi connectivity index (χ3v) is 6.24. The number of nitrogens with zero attached hydrogens (tertiary/aromatic N) is 2. The molecule has 0 fully saturated rings. The van der Waals surface area contributed by atoms with Crippen LogP contribution >= 0.6 is 0 Å². The van der Waals surface area contributed by atoms with Crippen molar-refractivity contribution in [3.8, 4) is 11.3 Å². The number of aromatic nitrogens is 2. The van der Waals surface area contributed by atoms with Crippen LogP contribution in [-0.4, -0.2) is 30.2 Å². The first kappa shape index (κ1) is 19.8. The normalized spacial score (nSPS) is 14.1. The molecular formula is C25H31N3O. The zero-order valence-corrected chi connectivity index (χ0v) is 18.4. The summed E-state index contributed by atoms with van der Waals surface area (Å²) < 4.78 is 5.54. The highest BCUT2D eigenvalue weighted by Crippen LogP contribution is 2.42. The van der Waals surface area contributed by atoms with Gasteiger partial charge in [-0.05, 0) is 62.8 Å². The molecule has 0 aliphatic carbocycles. The van der Waals surface area contributed by atoms with E-state index in [4.69, 9.17) is 14.7 Å². The first-order valence-corrected chi connectivity index (χ1v) is 10.6. The number of ether oxygens (including phenoxy) is 1. The van der Waals surface area contributed by atoms with Crippen molar-refractivity contribution in [2.45, 2.75) is 53.4 Å². The Bertz CT molecular complexity index is 1060. The van der Waals surface area contributed by atoms with Crippen molar-refractivity contribution in [3.63, 3.8) is 0 Å². The van der Waals surface area contributed by atoms with Crippen molar-refractivity contribution < 1.29 is 4.74 Å². The number of hydrogen-bond donors (Lipinski definition) is 1. The number of hydrogen-bond acceptors (Lipinski definition) is 4. The summed E-state index contributed by atoms with van der Waals surface area (Å²) in [5, 5.41) is 4.89. The maximum absolute atomic E-state index is 5.54. The Balaban J connectivity index is 2.09. The molecule has 1 aromatic carbocycles. The molecule has 0 amide bonds. The minimum atomic E-state index is 0.306. The van der Waals surface area contributed by atoms with Crippen LogP contribution in [0.15, 0.2) is 18.3 Å². The second-order valence-corrected chi connectivity index (χ2v) is 8.35. The van der Waals surface area contributed by atoms with Gasteiger partial charge in [0.15, 0.2) is 0 Å². The molecule has 1 unspecified atom stereocenters. The lowest BCUT2D eigenvalue weighted by atomic mass is 9.90. The van der Waals surface area contributed by atoms with E-state index >= 15 is 0 Å². The lowest BCUT2D eigenvalue weighted by Gasteiger charge is -2.21. The summed E-state index contributed by atoms with van der Waals surface area (Å²) in [5.74, 6) is 0.306. The maximum Gasteiger partial charge on any atom is 0.0992 e. The quantitative estimate of drug-likeness (QED) is 0.613. The van der Waals surface area contributed by atoms with Crippen LogP contribution in [0.3, 0.4) is 0 Å². The predicted molar refractivity (Wildman–Crippen MR) is 121 cm³/mol. The summed E-state index contributed by atoms with van der Waals surface area (Å²) in [7, 11) is 1.77. The van der Waals surface area contributed by atoms with Gasteiger partial charge in [-0.1, -0.05) is 24.6 Å². The van der Waals surface area contributed by atoms with E-state index in [2.05, 4.69) is 58.3 Å². The number of aryl methyl sites for hydroxylation is 4. The van der Waals surface area contributed by atoms with E-state index in [0.29, 0.717) is 12.5 Å². The molecule has 152 valence electrons. The maximum atomic E-state index is 5.54. The molecule has 4 nitrogen and oxygen atoms in total. The topological polar surface area (TPSA) is 47.0 Å². The van der Waals surface area contributed by atoms with E-state index in [0.717, 1.165) is 36.3 Å². The molecule has 0 bridgehead atoms. The molecule has 3 aromatic rings. The summed E-state index contributed by atoms with van der Waals surface area (Å²) in [4.78, 5) is 10.1. The SMILES string of the molecule is CCC(COC)c1cnc(-c2c(C)cc(C)cc2C)c2nc(C)c3c(c12)NCC3. The second kappa shape index (κ2) is 7.75. The van der Waals surface area contributed by atoms with Crippen molar-refractivity contribution in [1.29, 1.82) is 0 Å². The molecule has 1 aliphatic heterocycles. The van der Waals surface area contributed by atoms with Gasteiger partial charge in [-0.25, -0.2) is 0 Å². The van der Waals surface area contributed by atoms with Crippen LogP contribution < -0.4 is 5.32 Å². The highest BCUT2D eigenvalue weighted by atomic mass is 16.5. The van der Waals surface area contributed by atoms with Crippen LogP contribution in [0.1, 0.15) is 52.8 Å². The van der Waals surface area contributed by atoms with Crippen LogP contribution in [0.2, 0.25) is 0 Å². The van der Waals surface area contributed by atoms with E-state index in [-0.39, 0.29) is 0 Å². The minimum absolute atomic E-state index is 0.306. The summed E-state index contributed by atoms with van der Waals surface area (Å²) in [6, 6.07) is 4.48. The molecule has 1 N–H and O–H groups in total. The third kappa shape index (κ3) is 3.29. The third-order valence-electron chi connectivity index (χ3n) is 6.24. The zero-order chi connectivity index (χ0) is 20.7. The summed E-state index contributed by atoms with van der Waals surface area (Å²) >= 11 is 0. The molecule has 1 aliphatic rings. The summed E-state index contributed by atoms with van der Waals surface area (Å²) in [6.45, 7) is 12.5. The standard InChI is InChI=1S/C25H31N3O/c1-7-18(13-29-6)20-12-27-24(21-15(3)10-14(2)11-16(21)4)25-22(20)23-19(8-9-26-23)17(5)28-25/h10-12,18,26H,7-9,13H2,1-6H3. The van der Waals surface area contributed by atoms with Crippen molar-refractivity contribution >= 4 is 16.6 Å². The highest BCUT2D eigenvalue weighted by Gasteiger charge is 2.26. The first-order valence-electron chi connectivity index (χ1n) is 10.6. The fraction of sp³-hybridized carbons (Fsp3) is 0.440. The molecule has 4 heteroatoms. The minimum Gasteiger partial charge on any atom is -0.384 e. The number of nitrogens with one attached hydrogen (secondary N) is 1. The molecule has 29 heavy (non-hydrogen) atoms. The Kier molecular flexibility index (Phi) is 5.30. The van der Waals surface area contributed by atoms with Crippen LogP contribution in [-0.2, 0) is 11.2 Å². The predicted octanol–water partition coefficient (Wildman–Crippen LogP) is 5.64. The fourth-order valence-corrected chi connectivity index (χ4v) is 4.94. The number of benzene rings is 1. The molecular weight excluding hydrogens is 358 g/mol. The van der Waals surface area contributed by atoms with Gasteiger partial charge in [0.2, 0.25) is 0 Å². The van der Waals surface area contributed by atoms with E-state index in [1.54, 1.807) is 7.11 Å². The Morgan fingerprint density at radius 3 is 2.52 bits per heavy atom. The van der Waals surface area contributed by atoms with Gasteiger partial charge in [-0.15, -0.1) is 0 Å². The lowest BCUT2D eigenvalue weighted by Crippen LogP contribution is -2.09. The molecule has 1 atom stereocenters. The Morgan fingerprint density at radius 1 is 1.14 bits per heavy atom. The van der Waals surface area contributed by atoms with Gasteiger partial charge in [-0.3, -0.25) is 9.97 Å². The largest absolute Gasteiger partial charge is 0.384 e. The van der Waals surface area contributed by atoms with E-state index in [1.165, 1.54) is 44.5 Å². The van der Waals surface area contributed by atoms with Crippen molar-refractivity contribution in [3.05, 3.63) is 51.8 Å². The van der Waals surface area contributed by atoms with Crippen molar-refractivity contribution in [2.75, 3.05) is 25.6 Å². The molecule has 0 saturated heterocycles. The van der Waals surface area contributed by atoms with E-state index < -0.39 is 0 Å². The van der Waals surface area contributed by atoms with E-state index in [1.807, 2.05) is 0 Å². The zero-order valence-electron chi connectivity index (χ0n) is 18.4. The average Bonchev–Trinajstić information content (AvgIpc) is 3.16. The number of methoxy groups -OCH3 is 1. The lowest BCUT2D eigenvalue weighted by molar-refractivity contribution is 0.178. The Hall–Kier alpha value is -2.46. The molecule has 3 heterocycles. The molecule has 2 aromatic heterocycles. The van der Waals surface area contributed by atoms with Gasteiger partial charge >= 0.3 is 0 Å². The Labute approximate surface area is 173 Å². The highest BCUT2D eigenvalue weighted by molar-refractivity contribution is 6.04. The van der Waals surface area contributed by atoms with Gasteiger partial charge < -0.3 is 10.1 Å². The van der Waals surface area contributed by atoms with Crippen LogP contribution in [0.25, 0.3) is 22.2 Å². The second-order valence-electron chi connectivity index (χ2n) is 8.35. The van der Waals surface area contributed by atoms with Gasteiger partial charge in [0.1, 0.15) is 0 Å². The fourth-order valence-electron chi connectivity index (χ4n) is 4.94. The van der Waals surface area contributed by atoms with Gasteiger partial charge in [0.05, 0.1) is 17.8 Å². The number of pyridine rings is 2. The Morgan fingerprint density at radius 2 is 1.86 bits per heavy atom. The number of rotatable bonds is 5. The van der Waals surface area contributed by atoms with Crippen LogP contribution in [0.5, 0.6) is 0 Å². The van der Waals surface area contributed by atoms with Gasteiger partial charge in [0.25, 0.3) is 0 Å². The molecule has 4 rings (SSSR count). The molecule has 0 spiro atoms. The molecule has 0 radical (unpaired) electrons. The average molecular weight is 390 g/mol. The number of fused-ring (bicyclic) bond motifs is 3. The molecule has 0 saturated carbocycles. The van der Waals surface area contributed by atoms with E-state index in [9.17, 15) is 0 Å². The van der Waals surface area contributed by atoms with Crippen molar-refractivity contribution in [1.82, 2.24) is 9.97 Å². The van der Waals surface area contributed by atoms with Crippen LogP contribution in [0.4, 0.5) is 5.69 Å². The summed E-state index contributed by atoms with van der Waals surface area (Å²) in [5.41, 5.74) is 11.9.